The summed E-state index contributed by atoms with van der Waals surface area (Å²) in [6.45, 7) is 11.0. The molecule has 1 N–H and O–H groups in total. The van der Waals surface area contributed by atoms with Crippen LogP contribution < -0.4 is 5.32 Å². The first kappa shape index (κ1) is 15.4. The van der Waals surface area contributed by atoms with Gasteiger partial charge in [0, 0.05) is 24.5 Å². The zero-order valence-corrected chi connectivity index (χ0v) is 13.6. The molecule has 1 aliphatic heterocycles. The van der Waals surface area contributed by atoms with Crippen LogP contribution in [0.2, 0.25) is 0 Å². The van der Waals surface area contributed by atoms with Crippen LogP contribution in [0.25, 0.3) is 0 Å². The molecule has 0 saturated carbocycles. The molecule has 0 aliphatic carbocycles. The Hall–Kier alpha value is -1.01. The average Bonchev–Trinajstić information content (AvgIpc) is 3.04. The number of carbonyl (C=O) groups is 1. The molecular weight excluding hydrogens is 272 g/mol. The van der Waals surface area contributed by atoms with E-state index in [1.807, 2.05) is 4.90 Å². The van der Waals surface area contributed by atoms with E-state index in [1.54, 1.807) is 0 Å². The Kier molecular flexibility index (Phi) is 4.75. The fourth-order valence-electron chi connectivity index (χ4n) is 2.55. The quantitative estimate of drug-likeness (QED) is 0.924. The van der Waals surface area contributed by atoms with Gasteiger partial charge in [0.05, 0.1) is 5.69 Å². The van der Waals surface area contributed by atoms with Gasteiger partial charge < -0.3 is 10.2 Å². The number of rotatable bonds is 4. The van der Waals surface area contributed by atoms with Crippen molar-refractivity contribution in [2.45, 2.75) is 52.0 Å². The molecule has 2 rings (SSSR count). The van der Waals surface area contributed by atoms with Gasteiger partial charge in [-0.15, -0.1) is 5.10 Å². The maximum absolute atomic E-state index is 12.9. The van der Waals surface area contributed by atoms with Crippen LogP contribution in [0, 0.1) is 0 Å². The monoisotopic (exact) mass is 296 g/mol. The van der Waals surface area contributed by atoms with Crippen LogP contribution in [0.3, 0.4) is 0 Å². The van der Waals surface area contributed by atoms with Gasteiger partial charge >= 0.3 is 0 Å². The van der Waals surface area contributed by atoms with E-state index in [9.17, 15) is 4.79 Å². The van der Waals surface area contributed by atoms with Crippen molar-refractivity contribution in [3.05, 3.63) is 10.6 Å². The molecule has 1 aromatic rings. The molecule has 1 aromatic heterocycles. The van der Waals surface area contributed by atoms with Gasteiger partial charge in [0.2, 0.25) is 0 Å². The van der Waals surface area contributed by atoms with E-state index in [2.05, 4.69) is 42.6 Å². The zero-order chi connectivity index (χ0) is 14.8. The second-order valence-electron chi connectivity index (χ2n) is 6.35. The highest BCUT2D eigenvalue weighted by Crippen LogP contribution is 2.27. The van der Waals surface area contributed by atoms with Crippen LogP contribution in [-0.4, -0.2) is 46.1 Å². The Bertz CT molecular complexity index is 460. The normalized spacial score (nSPS) is 19.3. The number of carbonyl (C=O) groups excluding carboxylic acids is 1. The van der Waals surface area contributed by atoms with Gasteiger partial charge in [0.25, 0.3) is 5.91 Å². The highest BCUT2D eigenvalue weighted by molar-refractivity contribution is 7.08. The average molecular weight is 296 g/mol. The molecule has 0 radical (unpaired) electrons. The van der Waals surface area contributed by atoms with E-state index in [4.69, 9.17) is 0 Å². The fraction of sp³-hybridized carbons (Fsp3) is 0.786. The zero-order valence-electron chi connectivity index (χ0n) is 12.8. The molecule has 0 spiro atoms. The molecule has 0 bridgehead atoms. The summed E-state index contributed by atoms with van der Waals surface area (Å²) in [5.41, 5.74) is 0.670. The number of amides is 1. The van der Waals surface area contributed by atoms with Crippen molar-refractivity contribution in [3.63, 3.8) is 0 Å². The summed E-state index contributed by atoms with van der Waals surface area (Å²) < 4.78 is 4.01. The topological polar surface area (TPSA) is 58.1 Å². The molecule has 6 heteroatoms. The minimum Gasteiger partial charge on any atom is -0.334 e. The van der Waals surface area contributed by atoms with Crippen molar-refractivity contribution in [2.75, 3.05) is 19.6 Å². The van der Waals surface area contributed by atoms with Gasteiger partial charge in [-0.25, -0.2) is 0 Å². The minimum absolute atomic E-state index is 0.0977. The second kappa shape index (κ2) is 6.18. The first-order chi connectivity index (χ1) is 9.45. The summed E-state index contributed by atoms with van der Waals surface area (Å²) in [5, 5.41) is 7.52. The highest BCUT2D eigenvalue weighted by Gasteiger charge is 2.32. The van der Waals surface area contributed by atoms with Gasteiger partial charge in [-0.3, -0.25) is 4.79 Å². The number of hydrogen-bond donors (Lipinski definition) is 1. The summed E-state index contributed by atoms with van der Waals surface area (Å²) in [5.74, 6) is 0.0977. The molecule has 1 fully saturated rings. The highest BCUT2D eigenvalue weighted by atomic mass is 32.1. The van der Waals surface area contributed by atoms with Crippen molar-refractivity contribution in [2.24, 2.45) is 0 Å². The van der Waals surface area contributed by atoms with Crippen molar-refractivity contribution < 1.29 is 4.79 Å². The number of nitrogens with one attached hydrogen (secondary N) is 1. The molecule has 1 atom stereocenters. The van der Waals surface area contributed by atoms with Crippen molar-refractivity contribution in [3.8, 4) is 0 Å². The van der Waals surface area contributed by atoms with Crippen LogP contribution >= 0.6 is 11.5 Å². The molecule has 1 amide bonds. The van der Waals surface area contributed by atoms with Crippen molar-refractivity contribution in [1.29, 1.82) is 0 Å². The molecule has 20 heavy (non-hydrogen) atoms. The third-order valence-electron chi connectivity index (χ3n) is 3.59. The standard InChI is InChI=1S/C14H24N4OS/c1-5-8-18(10-6-7-15-9-10)13(19)11-12(14(2,3)4)16-17-20-11/h10,15H,5-9H2,1-4H3. The smallest absolute Gasteiger partial charge is 0.267 e. The van der Waals surface area contributed by atoms with Gasteiger partial charge in [-0.1, -0.05) is 32.2 Å². The number of nitrogens with zero attached hydrogens (tertiary/aromatic N) is 3. The maximum Gasteiger partial charge on any atom is 0.267 e. The maximum atomic E-state index is 12.9. The summed E-state index contributed by atoms with van der Waals surface area (Å²) >= 11 is 1.22. The van der Waals surface area contributed by atoms with Gasteiger partial charge in [0.1, 0.15) is 4.88 Å². The number of aromatic nitrogens is 2. The van der Waals surface area contributed by atoms with Crippen molar-refractivity contribution in [1.82, 2.24) is 19.8 Å². The molecular formula is C14H24N4OS. The summed E-state index contributed by atoms with van der Waals surface area (Å²) in [4.78, 5) is 15.6. The predicted octanol–water partition coefficient (Wildman–Crippen LogP) is 2.05. The molecule has 2 heterocycles. The van der Waals surface area contributed by atoms with E-state index >= 15 is 0 Å². The largest absolute Gasteiger partial charge is 0.334 e. The SMILES string of the molecule is CCCN(C(=O)c1snnc1C(C)(C)C)C1CCNC1. The lowest BCUT2D eigenvalue weighted by atomic mass is 9.91. The molecule has 1 saturated heterocycles. The van der Waals surface area contributed by atoms with Crippen LogP contribution in [0.15, 0.2) is 0 Å². The third kappa shape index (κ3) is 3.17. The van der Waals surface area contributed by atoms with E-state index in [0.717, 1.165) is 38.2 Å². The predicted molar refractivity (Wildman–Crippen MR) is 81.2 cm³/mol. The van der Waals surface area contributed by atoms with Crippen molar-refractivity contribution >= 4 is 17.4 Å². The van der Waals surface area contributed by atoms with Crippen LogP contribution in [0.1, 0.15) is 55.9 Å². The first-order valence-electron chi connectivity index (χ1n) is 7.29. The first-order valence-corrected chi connectivity index (χ1v) is 8.07. The fourth-order valence-corrected chi connectivity index (χ4v) is 3.38. The lowest BCUT2D eigenvalue weighted by Gasteiger charge is -2.28. The lowest BCUT2D eigenvalue weighted by Crippen LogP contribution is -2.42. The summed E-state index contributed by atoms with van der Waals surface area (Å²) in [7, 11) is 0. The van der Waals surface area contributed by atoms with Gasteiger partial charge in [0.15, 0.2) is 0 Å². The number of hydrogen-bond acceptors (Lipinski definition) is 5. The van der Waals surface area contributed by atoms with Crippen LogP contribution in [-0.2, 0) is 5.41 Å². The van der Waals surface area contributed by atoms with E-state index in [-0.39, 0.29) is 11.3 Å². The molecule has 1 unspecified atom stereocenters. The Balaban J connectivity index is 2.25. The molecule has 112 valence electrons. The Labute approximate surface area is 124 Å². The Morgan fingerprint density at radius 3 is 2.80 bits per heavy atom. The Morgan fingerprint density at radius 2 is 2.25 bits per heavy atom. The third-order valence-corrected chi connectivity index (χ3v) is 4.31. The van der Waals surface area contributed by atoms with E-state index in [0.29, 0.717) is 10.9 Å². The molecule has 5 nitrogen and oxygen atoms in total. The van der Waals surface area contributed by atoms with Crippen LogP contribution in [0.5, 0.6) is 0 Å². The molecule has 0 aromatic carbocycles. The van der Waals surface area contributed by atoms with E-state index < -0.39 is 0 Å². The second-order valence-corrected chi connectivity index (χ2v) is 7.10. The van der Waals surface area contributed by atoms with Gasteiger partial charge in [-0.05, 0) is 30.9 Å². The Morgan fingerprint density at radius 1 is 1.50 bits per heavy atom. The summed E-state index contributed by atoms with van der Waals surface area (Å²) in [6.07, 6.45) is 2.00. The summed E-state index contributed by atoms with van der Waals surface area (Å²) in [6, 6.07) is 0.303. The molecule has 1 aliphatic rings. The minimum atomic E-state index is -0.149. The van der Waals surface area contributed by atoms with E-state index in [1.165, 1.54) is 11.5 Å². The lowest BCUT2D eigenvalue weighted by molar-refractivity contribution is 0.0694. The van der Waals surface area contributed by atoms with Crippen LogP contribution in [0.4, 0.5) is 0 Å². The van der Waals surface area contributed by atoms with Gasteiger partial charge in [-0.2, -0.15) is 0 Å².